The lowest BCUT2D eigenvalue weighted by molar-refractivity contribution is 0.0696. The van der Waals surface area contributed by atoms with Crippen LogP contribution in [0, 0.1) is 0 Å². The molecule has 2 unspecified atom stereocenters. The van der Waals surface area contributed by atoms with Crippen molar-refractivity contribution in [1.29, 1.82) is 0 Å². The molecule has 76 valence electrons. The Morgan fingerprint density at radius 1 is 1.64 bits per heavy atom. The van der Waals surface area contributed by atoms with Gasteiger partial charge in [0, 0.05) is 12.6 Å². The Labute approximate surface area is 80.3 Å². The van der Waals surface area contributed by atoms with E-state index in [-0.39, 0.29) is 11.6 Å². The highest BCUT2D eigenvalue weighted by atomic mass is 19.1. The highest BCUT2D eigenvalue weighted by Crippen LogP contribution is 2.31. The average Bonchev–Trinajstić information content (AvgIpc) is 2.70. The number of carboxylic acid groups (broad SMARTS) is 1. The largest absolute Gasteiger partial charge is 0.478 e. The van der Waals surface area contributed by atoms with Crippen molar-refractivity contribution in [3.8, 4) is 0 Å². The Balaban J connectivity index is 2.13. The van der Waals surface area contributed by atoms with E-state index in [1.54, 1.807) is 4.68 Å². The molecule has 1 aromatic rings. The molecule has 1 fully saturated rings. The second-order valence-corrected chi connectivity index (χ2v) is 3.58. The zero-order valence-electron chi connectivity index (χ0n) is 7.56. The van der Waals surface area contributed by atoms with Gasteiger partial charge in [-0.25, -0.2) is 9.18 Å². The fourth-order valence-corrected chi connectivity index (χ4v) is 1.79. The molecule has 2 atom stereocenters. The van der Waals surface area contributed by atoms with Crippen molar-refractivity contribution in [2.24, 2.45) is 0 Å². The first kappa shape index (κ1) is 9.18. The molecule has 1 aromatic heterocycles. The van der Waals surface area contributed by atoms with Crippen molar-refractivity contribution < 1.29 is 14.3 Å². The van der Waals surface area contributed by atoms with Crippen molar-refractivity contribution in [3.63, 3.8) is 0 Å². The van der Waals surface area contributed by atoms with Crippen LogP contribution in [0.25, 0.3) is 0 Å². The normalized spacial score (nSPS) is 26.6. The Bertz CT molecular complexity index is 350. The lowest BCUT2D eigenvalue weighted by Crippen LogP contribution is -2.06. The monoisotopic (exact) mass is 198 g/mol. The zero-order valence-corrected chi connectivity index (χ0v) is 7.56. The minimum absolute atomic E-state index is 0.0260. The molecule has 14 heavy (non-hydrogen) atoms. The fourth-order valence-electron chi connectivity index (χ4n) is 1.79. The van der Waals surface area contributed by atoms with Crippen LogP contribution >= 0.6 is 0 Å². The zero-order chi connectivity index (χ0) is 10.1. The number of aromatic carboxylic acids is 1. The molecule has 4 nitrogen and oxygen atoms in total. The van der Waals surface area contributed by atoms with Gasteiger partial charge in [0.2, 0.25) is 0 Å². The summed E-state index contributed by atoms with van der Waals surface area (Å²) in [4.78, 5) is 10.6. The summed E-state index contributed by atoms with van der Waals surface area (Å²) in [6.07, 6.45) is 3.73. The average molecular weight is 198 g/mol. The number of carbonyl (C=O) groups is 1. The van der Waals surface area contributed by atoms with E-state index in [1.807, 2.05) is 0 Å². The number of aromatic nitrogens is 2. The minimum Gasteiger partial charge on any atom is -0.478 e. The highest BCUT2D eigenvalue weighted by Gasteiger charge is 2.26. The Morgan fingerprint density at radius 3 is 2.93 bits per heavy atom. The van der Waals surface area contributed by atoms with Crippen LogP contribution in [0.4, 0.5) is 4.39 Å². The molecule has 0 saturated heterocycles. The van der Waals surface area contributed by atoms with Crippen LogP contribution < -0.4 is 0 Å². The van der Waals surface area contributed by atoms with E-state index in [9.17, 15) is 9.18 Å². The van der Waals surface area contributed by atoms with Crippen LogP contribution in [0.15, 0.2) is 12.4 Å². The van der Waals surface area contributed by atoms with E-state index in [4.69, 9.17) is 5.11 Å². The Hall–Kier alpha value is -1.39. The van der Waals surface area contributed by atoms with E-state index in [0.717, 1.165) is 6.42 Å². The quantitative estimate of drug-likeness (QED) is 0.786. The predicted molar refractivity (Wildman–Crippen MR) is 47.0 cm³/mol. The van der Waals surface area contributed by atoms with Gasteiger partial charge in [0.1, 0.15) is 6.17 Å². The second kappa shape index (κ2) is 3.40. The summed E-state index contributed by atoms with van der Waals surface area (Å²) in [5.41, 5.74) is 0.160. The number of hydrogen-bond donors (Lipinski definition) is 1. The molecule has 0 amide bonds. The van der Waals surface area contributed by atoms with Crippen molar-refractivity contribution in [1.82, 2.24) is 9.78 Å². The third kappa shape index (κ3) is 1.62. The molecular formula is C9H11FN2O2. The molecule has 1 N–H and O–H groups in total. The third-order valence-electron chi connectivity index (χ3n) is 2.56. The van der Waals surface area contributed by atoms with Gasteiger partial charge in [0.05, 0.1) is 17.8 Å². The maximum atomic E-state index is 12.9. The van der Waals surface area contributed by atoms with Crippen molar-refractivity contribution in [2.75, 3.05) is 0 Å². The molecule has 1 heterocycles. The van der Waals surface area contributed by atoms with Gasteiger partial charge < -0.3 is 5.11 Å². The van der Waals surface area contributed by atoms with Gasteiger partial charge in [-0.3, -0.25) is 4.68 Å². The van der Waals surface area contributed by atoms with Gasteiger partial charge in [0.15, 0.2) is 0 Å². The molecule has 0 bridgehead atoms. The van der Waals surface area contributed by atoms with E-state index >= 15 is 0 Å². The van der Waals surface area contributed by atoms with Crippen LogP contribution in [-0.4, -0.2) is 27.0 Å². The van der Waals surface area contributed by atoms with Gasteiger partial charge in [-0.15, -0.1) is 0 Å². The van der Waals surface area contributed by atoms with E-state index < -0.39 is 12.1 Å². The SMILES string of the molecule is O=C(O)c1cnn(C2CCC(F)C2)c1. The first-order chi connectivity index (χ1) is 6.66. The molecule has 1 saturated carbocycles. The Kier molecular flexibility index (Phi) is 2.23. The maximum Gasteiger partial charge on any atom is 0.338 e. The number of nitrogens with zero attached hydrogens (tertiary/aromatic N) is 2. The molecular weight excluding hydrogens is 187 g/mol. The lowest BCUT2D eigenvalue weighted by Gasteiger charge is -2.08. The van der Waals surface area contributed by atoms with Gasteiger partial charge in [0.25, 0.3) is 0 Å². The van der Waals surface area contributed by atoms with Crippen LogP contribution in [0.1, 0.15) is 35.7 Å². The molecule has 0 spiro atoms. The van der Waals surface area contributed by atoms with Crippen molar-refractivity contribution in [2.45, 2.75) is 31.5 Å². The van der Waals surface area contributed by atoms with Crippen LogP contribution in [-0.2, 0) is 0 Å². The van der Waals surface area contributed by atoms with Gasteiger partial charge in [-0.1, -0.05) is 0 Å². The van der Waals surface area contributed by atoms with Crippen LogP contribution in [0.2, 0.25) is 0 Å². The number of hydrogen-bond acceptors (Lipinski definition) is 2. The third-order valence-corrected chi connectivity index (χ3v) is 2.56. The summed E-state index contributed by atoms with van der Waals surface area (Å²) >= 11 is 0. The van der Waals surface area contributed by atoms with Crippen LogP contribution in [0.5, 0.6) is 0 Å². The fraction of sp³-hybridized carbons (Fsp3) is 0.556. The summed E-state index contributed by atoms with van der Waals surface area (Å²) < 4.78 is 14.4. The molecule has 0 aromatic carbocycles. The minimum atomic E-state index is -0.994. The van der Waals surface area contributed by atoms with Crippen LogP contribution in [0.3, 0.4) is 0 Å². The molecule has 0 aliphatic heterocycles. The molecule has 5 heteroatoms. The van der Waals surface area contributed by atoms with Crippen molar-refractivity contribution in [3.05, 3.63) is 18.0 Å². The van der Waals surface area contributed by atoms with E-state index in [1.165, 1.54) is 12.4 Å². The highest BCUT2D eigenvalue weighted by molar-refractivity contribution is 5.86. The summed E-state index contributed by atoms with van der Waals surface area (Å²) in [5, 5.41) is 12.6. The number of carboxylic acids is 1. The number of halogens is 1. The molecule has 2 rings (SSSR count). The first-order valence-corrected chi connectivity index (χ1v) is 4.58. The smallest absolute Gasteiger partial charge is 0.338 e. The van der Waals surface area contributed by atoms with E-state index in [0.29, 0.717) is 12.8 Å². The van der Waals surface area contributed by atoms with Gasteiger partial charge in [-0.05, 0) is 12.8 Å². The summed E-state index contributed by atoms with van der Waals surface area (Å²) in [6, 6.07) is 0.0260. The topological polar surface area (TPSA) is 55.1 Å². The summed E-state index contributed by atoms with van der Waals surface area (Å²) in [5.74, 6) is -0.994. The molecule has 1 aliphatic carbocycles. The second-order valence-electron chi connectivity index (χ2n) is 3.58. The molecule has 1 aliphatic rings. The van der Waals surface area contributed by atoms with Gasteiger partial charge in [-0.2, -0.15) is 5.10 Å². The predicted octanol–water partition coefficient (Wildman–Crippen LogP) is 1.64. The van der Waals surface area contributed by atoms with Crippen molar-refractivity contribution >= 4 is 5.97 Å². The number of rotatable bonds is 2. The standard InChI is InChI=1S/C9H11FN2O2/c10-7-1-2-8(3-7)12-5-6(4-11-12)9(13)14/h4-5,7-8H,1-3H2,(H,13,14). The Morgan fingerprint density at radius 2 is 2.43 bits per heavy atom. The maximum absolute atomic E-state index is 12.9. The van der Waals surface area contributed by atoms with E-state index in [2.05, 4.69) is 5.10 Å². The van der Waals surface area contributed by atoms with Gasteiger partial charge >= 0.3 is 5.97 Å². The number of alkyl halides is 1. The first-order valence-electron chi connectivity index (χ1n) is 4.58. The summed E-state index contributed by atoms with van der Waals surface area (Å²) in [6.45, 7) is 0. The summed E-state index contributed by atoms with van der Waals surface area (Å²) in [7, 11) is 0. The molecule has 0 radical (unpaired) electrons. The lowest BCUT2D eigenvalue weighted by atomic mass is 10.2.